The fraction of sp³-hybridized carbons (Fsp3) is 0.455. The van der Waals surface area contributed by atoms with E-state index in [0.29, 0.717) is 12.0 Å². The molecule has 5 nitrogen and oxygen atoms in total. The Balaban J connectivity index is 2.46. The van der Waals surface area contributed by atoms with Crippen molar-refractivity contribution in [3.05, 3.63) is 39.4 Å². The van der Waals surface area contributed by atoms with Crippen LogP contribution in [0, 0.1) is 10.1 Å². The first-order valence-corrected chi connectivity index (χ1v) is 5.30. The van der Waals surface area contributed by atoms with Gasteiger partial charge in [-0.05, 0) is 30.4 Å². The SMILES string of the molecule is N[C@H]1c2cc([N+](=O)[O-])ccc2CCC[C@H]1O. The Morgan fingerprint density at radius 2 is 2.25 bits per heavy atom. The zero-order chi connectivity index (χ0) is 11.7. The fourth-order valence-corrected chi connectivity index (χ4v) is 2.12. The molecular weight excluding hydrogens is 208 g/mol. The van der Waals surface area contributed by atoms with Gasteiger partial charge in [0.15, 0.2) is 0 Å². The van der Waals surface area contributed by atoms with Gasteiger partial charge in [-0.15, -0.1) is 0 Å². The maximum atomic E-state index is 10.7. The molecule has 0 unspecified atom stereocenters. The summed E-state index contributed by atoms with van der Waals surface area (Å²) in [6.07, 6.45) is 1.71. The van der Waals surface area contributed by atoms with Crippen molar-refractivity contribution in [2.75, 3.05) is 0 Å². The van der Waals surface area contributed by atoms with Crippen LogP contribution in [0.2, 0.25) is 0 Å². The first-order valence-electron chi connectivity index (χ1n) is 5.30. The Bertz CT molecular complexity index is 420. The monoisotopic (exact) mass is 222 g/mol. The highest BCUT2D eigenvalue weighted by Gasteiger charge is 2.24. The average Bonchev–Trinajstić information content (AvgIpc) is 2.40. The highest BCUT2D eigenvalue weighted by molar-refractivity contribution is 5.42. The number of rotatable bonds is 1. The van der Waals surface area contributed by atoms with Crippen molar-refractivity contribution in [1.82, 2.24) is 0 Å². The fourth-order valence-electron chi connectivity index (χ4n) is 2.12. The minimum Gasteiger partial charge on any atom is -0.391 e. The topological polar surface area (TPSA) is 89.4 Å². The van der Waals surface area contributed by atoms with Crippen LogP contribution in [0.4, 0.5) is 5.69 Å². The third-order valence-electron chi connectivity index (χ3n) is 3.06. The molecule has 3 N–H and O–H groups in total. The number of aliphatic hydroxyl groups excluding tert-OH is 1. The van der Waals surface area contributed by atoms with Crippen molar-refractivity contribution < 1.29 is 10.0 Å². The third-order valence-corrected chi connectivity index (χ3v) is 3.06. The second kappa shape index (κ2) is 4.19. The van der Waals surface area contributed by atoms with E-state index in [1.807, 2.05) is 0 Å². The smallest absolute Gasteiger partial charge is 0.269 e. The van der Waals surface area contributed by atoms with Gasteiger partial charge in [-0.3, -0.25) is 10.1 Å². The molecule has 0 heterocycles. The number of nitro groups is 1. The van der Waals surface area contributed by atoms with Crippen molar-refractivity contribution in [2.45, 2.75) is 31.4 Å². The quantitative estimate of drug-likeness (QED) is 0.425. The molecule has 2 atom stereocenters. The molecule has 1 aliphatic carbocycles. The van der Waals surface area contributed by atoms with Crippen LogP contribution in [-0.4, -0.2) is 16.1 Å². The van der Waals surface area contributed by atoms with Gasteiger partial charge in [0.2, 0.25) is 0 Å². The predicted octanol–water partition coefficient (Wildman–Crippen LogP) is 1.29. The Morgan fingerprint density at radius 1 is 1.50 bits per heavy atom. The van der Waals surface area contributed by atoms with E-state index in [1.54, 1.807) is 6.07 Å². The number of aryl methyl sites for hydroxylation is 1. The summed E-state index contributed by atoms with van der Waals surface area (Å²) in [5, 5.41) is 20.4. The van der Waals surface area contributed by atoms with Gasteiger partial charge in [0, 0.05) is 12.1 Å². The van der Waals surface area contributed by atoms with Crippen LogP contribution >= 0.6 is 0 Å². The van der Waals surface area contributed by atoms with Gasteiger partial charge in [-0.1, -0.05) is 6.07 Å². The maximum absolute atomic E-state index is 10.7. The van der Waals surface area contributed by atoms with Crippen LogP contribution < -0.4 is 5.73 Å². The number of hydrogen-bond acceptors (Lipinski definition) is 4. The van der Waals surface area contributed by atoms with Gasteiger partial charge in [0.05, 0.1) is 17.1 Å². The molecular formula is C11H14N2O3. The van der Waals surface area contributed by atoms with Gasteiger partial charge in [-0.2, -0.15) is 0 Å². The van der Waals surface area contributed by atoms with E-state index >= 15 is 0 Å². The van der Waals surface area contributed by atoms with Gasteiger partial charge < -0.3 is 10.8 Å². The molecule has 0 amide bonds. The van der Waals surface area contributed by atoms with Crippen molar-refractivity contribution >= 4 is 5.69 Å². The number of nitrogens with two attached hydrogens (primary N) is 1. The molecule has 1 aromatic carbocycles. The van der Waals surface area contributed by atoms with Gasteiger partial charge in [0.25, 0.3) is 5.69 Å². The zero-order valence-electron chi connectivity index (χ0n) is 8.80. The van der Waals surface area contributed by atoms with Crippen LogP contribution in [-0.2, 0) is 6.42 Å². The normalized spacial score (nSPS) is 24.6. The third kappa shape index (κ3) is 1.91. The summed E-state index contributed by atoms with van der Waals surface area (Å²) in [4.78, 5) is 10.2. The summed E-state index contributed by atoms with van der Waals surface area (Å²) in [5.41, 5.74) is 7.63. The van der Waals surface area contributed by atoms with Crippen LogP contribution in [0.3, 0.4) is 0 Å². The summed E-state index contributed by atoms with van der Waals surface area (Å²) < 4.78 is 0. The highest BCUT2D eigenvalue weighted by atomic mass is 16.6. The number of aliphatic hydroxyl groups is 1. The number of nitrogens with zero attached hydrogens (tertiary/aromatic N) is 1. The van der Waals surface area contributed by atoms with Crippen LogP contribution in [0.25, 0.3) is 0 Å². The largest absolute Gasteiger partial charge is 0.391 e. The number of hydrogen-bond donors (Lipinski definition) is 2. The summed E-state index contributed by atoms with van der Waals surface area (Å²) >= 11 is 0. The van der Waals surface area contributed by atoms with Crippen molar-refractivity contribution in [1.29, 1.82) is 0 Å². The van der Waals surface area contributed by atoms with E-state index in [2.05, 4.69) is 0 Å². The van der Waals surface area contributed by atoms with Crippen LogP contribution in [0.5, 0.6) is 0 Å². The molecule has 0 fully saturated rings. The number of benzene rings is 1. The van der Waals surface area contributed by atoms with Crippen LogP contribution in [0.1, 0.15) is 30.0 Å². The molecule has 2 rings (SSSR count). The molecule has 0 radical (unpaired) electrons. The molecule has 0 saturated carbocycles. The van der Waals surface area contributed by atoms with Gasteiger partial charge in [-0.25, -0.2) is 0 Å². The number of fused-ring (bicyclic) bond motifs is 1. The van der Waals surface area contributed by atoms with E-state index in [1.165, 1.54) is 12.1 Å². The van der Waals surface area contributed by atoms with Crippen LogP contribution in [0.15, 0.2) is 18.2 Å². The highest BCUT2D eigenvalue weighted by Crippen LogP contribution is 2.30. The molecule has 0 bridgehead atoms. The minimum absolute atomic E-state index is 0.0308. The van der Waals surface area contributed by atoms with Gasteiger partial charge >= 0.3 is 0 Å². The van der Waals surface area contributed by atoms with E-state index in [0.717, 1.165) is 18.4 Å². The van der Waals surface area contributed by atoms with Crippen molar-refractivity contribution in [3.63, 3.8) is 0 Å². The van der Waals surface area contributed by atoms with E-state index in [4.69, 9.17) is 5.73 Å². The zero-order valence-corrected chi connectivity index (χ0v) is 8.80. The Kier molecular flexibility index (Phi) is 2.89. The molecule has 86 valence electrons. The number of non-ortho nitro benzene ring substituents is 1. The summed E-state index contributed by atoms with van der Waals surface area (Å²) in [6, 6.07) is 4.20. The summed E-state index contributed by atoms with van der Waals surface area (Å²) in [6.45, 7) is 0. The predicted molar refractivity (Wildman–Crippen MR) is 59.0 cm³/mol. The van der Waals surface area contributed by atoms with E-state index in [-0.39, 0.29) is 5.69 Å². The van der Waals surface area contributed by atoms with Crippen molar-refractivity contribution in [3.8, 4) is 0 Å². The first-order chi connectivity index (χ1) is 7.59. The molecule has 0 aliphatic heterocycles. The Morgan fingerprint density at radius 3 is 2.94 bits per heavy atom. The average molecular weight is 222 g/mol. The molecule has 0 saturated heterocycles. The maximum Gasteiger partial charge on any atom is 0.269 e. The molecule has 0 spiro atoms. The second-order valence-electron chi connectivity index (χ2n) is 4.13. The molecule has 16 heavy (non-hydrogen) atoms. The lowest BCUT2D eigenvalue weighted by Crippen LogP contribution is -2.25. The second-order valence-corrected chi connectivity index (χ2v) is 4.13. The van der Waals surface area contributed by atoms with Gasteiger partial charge in [0.1, 0.15) is 0 Å². The summed E-state index contributed by atoms with van der Waals surface area (Å²) in [7, 11) is 0. The van der Waals surface area contributed by atoms with E-state index in [9.17, 15) is 15.2 Å². The molecule has 1 aromatic rings. The lowest BCUT2D eigenvalue weighted by Gasteiger charge is -2.17. The Hall–Kier alpha value is -1.46. The first kappa shape index (κ1) is 11.0. The standard InChI is InChI=1S/C11H14N2O3/c12-11-9-6-8(13(15)16)5-4-7(9)2-1-3-10(11)14/h4-6,10-11,14H,1-3,12H2/t10-,11+/m1/s1. The molecule has 5 heteroatoms. The summed E-state index contributed by atoms with van der Waals surface area (Å²) in [5.74, 6) is 0. The minimum atomic E-state index is -0.608. The molecule has 0 aromatic heterocycles. The lowest BCUT2D eigenvalue weighted by molar-refractivity contribution is -0.385. The Labute approximate surface area is 93.0 Å². The lowest BCUT2D eigenvalue weighted by atomic mass is 9.98. The van der Waals surface area contributed by atoms with E-state index < -0.39 is 17.1 Å². The van der Waals surface area contributed by atoms with Crippen molar-refractivity contribution in [2.24, 2.45) is 5.73 Å². The molecule has 1 aliphatic rings. The number of nitro benzene ring substituents is 1.